The number of benzene rings is 2. The van der Waals surface area contributed by atoms with E-state index in [2.05, 4.69) is 10.6 Å². The number of amides is 1. The standard InChI is InChI=1S/C19H19N3O5/c1-20-16-10-9-14(22(25)26)11-15(16)19(24)27-17(12-5-3-2-4-6-12)18(23)21-13-7-8-13/h2-6,9-11,13,17,20H,7-8H2,1H3,(H,21,23). The molecular formula is C19H19N3O5. The van der Waals surface area contributed by atoms with Crippen molar-refractivity contribution in [1.29, 1.82) is 0 Å². The van der Waals surface area contributed by atoms with Crippen LogP contribution in [-0.4, -0.2) is 29.9 Å². The van der Waals surface area contributed by atoms with Crippen molar-refractivity contribution < 1.29 is 19.2 Å². The Morgan fingerprint density at radius 3 is 2.48 bits per heavy atom. The molecule has 8 nitrogen and oxygen atoms in total. The van der Waals surface area contributed by atoms with E-state index in [1.807, 2.05) is 0 Å². The highest BCUT2D eigenvalue weighted by Crippen LogP contribution is 2.27. The largest absolute Gasteiger partial charge is 0.444 e. The summed E-state index contributed by atoms with van der Waals surface area (Å²) in [7, 11) is 1.59. The number of esters is 1. The van der Waals surface area contributed by atoms with Gasteiger partial charge in [-0.15, -0.1) is 0 Å². The SMILES string of the molecule is CNc1ccc([N+](=O)[O-])cc1C(=O)OC(C(=O)NC1CC1)c1ccccc1. The molecule has 0 spiro atoms. The van der Waals surface area contributed by atoms with Crippen LogP contribution in [0.5, 0.6) is 0 Å². The Hall–Kier alpha value is -3.42. The van der Waals surface area contributed by atoms with Crippen LogP contribution in [0.2, 0.25) is 0 Å². The first-order valence-electron chi connectivity index (χ1n) is 8.52. The third kappa shape index (κ3) is 4.41. The molecule has 3 rings (SSSR count). The Morgan fingerprint density at radius 2 is 1.89 bits per heavy atom. The number of nitrogens with zero attached hydrogens (tertiary/aromatic N) is 1. The van der Waals surface area contributed by atoms with Gasteiger partial charge in [-0.25, -0.2) is 4.79 Å². The molecule has 1 atom stereocenters. The molecule has 1 fully saturated rings. The number of nitro benzene ring substituents is 1. The molecule has 140 valence electrons. The number of carbonyl (C=O) groups is 2. The van der Waals surface area contributed by atoms with E-state index in [1.54, 1.807) is 37.4 Å². The highest BCUT2D eigenvalue weighted by atomic mass is 16.6. The first-order chi connectivity index (χ1) is 13.0. The topological polar surface area (TPSA) is 111 Å². The number of ether oxygens (including phenoxy) is 1. The average molecular weight is 369 g/mol. The van der Waals surface area contributed by atoms with Crippen molar-refractivity contribution in [1.82, 2.24) is 5.32 Å². The van der Waals surface area contributed by atoms with Crippen LogP contribution in [-0.2, 0) is 9.53 Å². The number of nitro groups is 1. The number of nitrogens with one attached hydrogen (secondary N) is 2. The molecule has 27 heavy (non-hydrogen) atoms. The second-order valence-electron chi connectivity index (χ2n) is 6.22. The van der Waals surface area contributed by atoms with Crippen molar-refractivity contribution in [2.75, 3.05) is 12.4 Å². The first kappa shape index (κ1) is 18.4. The molecule has 0 aromatic heterocycles. The Morgan fingerprint density at radius 1 is 1.19 bits per heavy atom. The van der Waals surface area contributed by atoms with Gasteiger partial charge >= 0.3 is 5.97 Å². The maximum atomic E-state index is 12.7. The maximum Gasteiger partial charge on any atom is 0.341 e. The van der Waals surface area contributed by atoms with Gasteiger partial charge in [0.25, 0.3) is 11.6 Å². The lowest BCUT2D eigenvalue weighted by molar-refractivity contribution is -0.384. The Balaban J connectivity index is 1.89. The van der Waals surface area contributed by atoms with Gasteiger partial charge in [0.15, 0.2) is 0 Å². The second-order valence-corrected chi connectivity index (χ2v) is 6.22. The number of anilines is 1. The van der Waals surface area contributed by atoms with Gasteiger partial charge in [0.05, 0.1) is 10.5 Å². The lowest BCUT2D eigenvalue weighted by atomic mass is 10.1. The minimum absolute atomic E-state index is 0.00754. The zero-order valence-electron chi connectivity index (χ0n) is 14.7. The first-order valence-corrected chi connectivity index (χ1v) is 8.52. The van der Waals surface area contributed by atoms with E-state index in [1.165, 1.54) is 12.1 Å². The lowest BCUT2D eigenvalue weighted by Crippen LogP contribution is -2.33. The summed E-state index contributed by atoms with van der Waals surface area (Å²) in [6.45, 7) is 0. The maximum absolute atomic E-state index is 12.7. The quantitative estimate of drug-likeness (QED) is 0.441. The van der Waals surface area contributed by atoms with Gasteiger partial charge < -0.3 is 15.4 Å². The molecule has 1 aliphatic rings. The molecule has 8 heteroatoms. The van der Waals surface area contributed by atoms with Crippen LogP contribution < -0.4 is 10.6 Å². The monoisotopic (exact) mass is 369 g/mol. The van der Waals surface area contributed by atoms with E-state index in [4.69, 9.17) is 4.74 Å². The van der Waals surface area contributed by atoms with Crippen LogP contribution in [0.1, 0.15) is 34.9 Å². The van der Waals surface area contributed by atoms with Crippen LogP contribution >= 0.6 is 0 Å². The molecule has 0 heterocycles. The molecule has 1 unspecified atom stereocenters. The summed E-state index contributed by atoms with van der Waals surface area (Å²) in [6, 6.07) is 12.6. The van der Waals surface area contributed by atoms with Gasteiger partial charge in [-0.2, -0.15) is 0 Å². The number of carbonyl (C=O) groups excluding carboxylic acids is 2. The predicted octanol–water partition coefficient (Wildman–Crippen LogP) is 2.81. The number of hydrogen-bond acceptors (Lipinski definition) is 6. The summed E-state index contributed by atoms with van der Waals surface area (Å²) in [5.41, 5.74) is 0.659. The van der Waals surface area contributed by atoms with E-state index in [9.17, 15) is 19.7 Å². The van der Waals surface area contributed by atoms with Crippen molar-refractivity contribution >= 4 is 23.3 Å². The molecule has 1 saturated carbocycles. The summed E-state index contributed by atoms with van der Waals surface area (Å²) < 4.78 is 5.48. The van der Waals surface area contributed by atoms with Gasteiger partial charge in [-0.05, 0) is 18.9 Å². The van der Waals surface area contributed by atoms with Gasteiger partial charge in [-0.3, -0.25) is 14.9 Å². The van der Waals surface area contributed by atoms with Crippen molar-refractivity contribution in [3.05, 3.63) is 69.8 Å². The van der Waals surface area contributed by atoms with Gasteiger partial charge in [0.2, 0.25) is 6.10 Å². The van der Waals surface area contributed by atoms with Crippen molar-refractivity contribution in [3.63, 3.8) is 0 Å². The van der Waals surface area contributed by atoms with Gasteiger partial charge in [-0.1, -0.05) is 30.3 Å². The number of non-ortho nitro benzene ring substituents is 1. The number of rotatable bonds is 7. The van der Waals surface area contributed by atoms with Gasteiger partial charge in [0, 0.05) is 36.5 Å². The van der Waals surface area contributed by atoms with Crippen molar-refractivity contribution in [3.8, 4) is 0 Å². The highest BCUT2D eigenvalue weighted by molar-refractivity contribution is 5.98. The molecule has 0 radical (unpaired) electrons. The average Bonchev–Trinajstić information content (AvgIpc) is 3.49. The molecule has 2 aromatic carbocycles. The van der Waals surface area contributed by atoms with Crippen LogP contribution in [0.4, 0.5) is 11.4 Å². The zero-order chi connectivity index (χ0) is 19.4. The molecule has 0 aliphatic heterocycles. The molecule has 0 saturated heterocycles. The predicted molar refractivity (Wildman–Crippen MR) is 98.4 cm³/mol. The summed E-state index contributed by atoms with van der Waals surface area (Å²) in [5.74, 6) is -1.23. The fraction of sp³-hybridized carbons (Fsp3) is 0.263. The second kappa shape index (κ2) is 7.86. The Kier molecular flexibility index (Phi) is 5.35. The van der Waals surface area contributed by atoms with E-state index in [-0.39, 0.29) is 17.3 Å². The minimum atomic E-state index is -1.14. The molecule has 1 aliphatic carbocycles. The molecule has 2 aromatic rings. The van der Waals surface area contributed by atoms with E-state index in [0.29, 0.717) is 11.3 Å². The Labute approximate surface area is 155 Å². The summed E-state index contributed by atoms with van der Waals surface area (Å²) in [6.07, 6.45) is 0.662. The molecule has 2 N–H and O–H groups in total. The van der Waals surface area contributed by atoms with Crippen molar-refractivity contribution in [2.45, 2.75) is 25.0 Å². The van der Waals surface area contributed by atoms with Crippen molar-refractivity contribution in [2.24, 2.45) is 0 Å². The van der Waals surface area contributed by atoms with Crippen LogP contribution in [0.15, 0.2) is 48.5 Å². The molecular weight excluding hydrogens is 350 g/mol. The van der Waals surface area contributed by atoms with Crippen LogP contribution in [0.25, 0.3) is 0 Å². The lowest BCUT2D eigenvalue weighted by Gasteiger charge is -2.19. The zero-order valence-corrected chi connectivity index (χ0v) is 14.7. The summed E-state index contributed by atoms with van der Waals surface area (Å²) >= 11 is 0. The van der Waals surface area contributed by atoms with Gasteiger partial charge in [0.1, 0.15) is 0 Å². The highest BCUT2D eigenvalue weighted by Gasteiger charge is 2.31. The van der Waals surface area contributed by atoms with Crippen LogP contribution in [0, 0.1) is 10.1 Å². The molecule has 1 amide bonds. The fourth-order valence-electron chi connectivity index (χ4n) is 2.61. The van der Waals surface area contributed by atoms with E-state index >= 15 is 0 Å². The number of hydrogen-bond donors (Lipinski definition) is 2. The molecule has 0 bridgehead atoms. The van der Waals surface area contributed by atoms with Crippen LogP contribution in [0.3, 0.4) is 0 Å². The fourth-order valence-corrected chi connectivity index (χ4v) is 2.61. The van der Waals surface area contributed by atoms with E-state index in [0.717, 1.165) is 18.9 Å². The van der Waals surface area contributed by atoms with E-state index < -0.39 is 22.9 Å². The smallest absolute Gasteiger partial charge is 0.341 e. The Bertz CT molecular complexity index is 865. The summed E-state index contributed by atoms with van der Waals surface area (Å²) in [4.78, 5) is 35.7. The third-order valence-corrected chi connectivity index (χ3v) is 4.19. The minimum Gasteiger partial charge on any atom is -0.444 e. The normalized spacial score (nSPS) is 14.1. The summed E-state index contributed by atoms with van der Waals surface area (Å²) in [5, 5.41) is 16.7. The third-order valence-electron chi connectivity index (χ3n) is 4.19.